The van der Waals surface area contributed by atoms with Gasteiger partial charge in [-0.2, -0.15) is 13.2 Å². The predicted octanol–water partition coefficient (Wildman–Crippen LogP) is 3.04. The van der Waals surface area contributed by atoms with Gasteiger partial charge in [-0.15, -0.1) is 0 Å². The third-order valence-electron chi connectivity index (χ3n) is 3.15. The number of halogens is 3. The molecule has 3 nitrogen and oxygen atoms in total. The number of alkyl halides is 3. The van der Waals surface area contributed by atoms with E-state index in [0.717, 1.165) is 0 Å². The van der Waals surface area contributed by atoms with Crippen molar-refractivity contribution in [3.8, 4) is 0 Å². The summed E-state index contributed by atoms with van der Waals surface area (Å²) < 4.78 is 42.5. The van der Waals surface area contributed by atoms with Crippen LogP contribution in [0.1, 0.15) is 46.5 Å². The highest BCUT2D eigenvalue weighted by Crippen LogP contribution is 2.37. The summed E-state index contributed by atoms with van der Waals surface area (Å²) in [5, 5.41) is 2.97. The van der Waals surface area contributed by atoms with Gasteiger partial charge in [0.05, 0.1) is 12.5 Å². The fraction of sp³-hybridized carbons (Fsp3) is 0.923. The van der Waals surface area contributed by atoms with Crippen LogP contribution >= 0.6 is 0 Å². The third-order valence-corrected chi connectivity index (χ3v) is 3.15. The molecule has 0 saturated heterocycles. The van der Waals surface area contributed by atoms with E-state index in [4.69, 9.17) is 4.74 Å². The van der Waals surface area contributed by atoms with Gasteiger partial charge < -0.3 is 10.1 Å². The molecular weight excluding hydrogens is 259 g/mol. The molecule has 0 heterocycles. The summed E-state index contributed by atoms with van der Waals surface area (Å²) in [5.74, 6) is -1.56. The molecule has 112 valence electrons. The molecule has 0 spiro atoms. The Bertz CT molecular complexity index is 302. The number of nitrogens with one attached hydrogen (secondary N) is 1. The zero-order valence-corrected chi connectivity index (χ0v) is 11.6. The predicted molar refractivity (Wildman–Crippen MR) is 65.6 cm³/mol. The van der Waals surface area contributed by atoms with Gasteiger partial charge in [0.2, 0.25) is 0 Å². The van der Waals surface area contributed by atoms with Gasteiger partial charge in [0, 0.05) is 6.04 Å². The van der Waals surface area contributed by atoms with E-state index in [-0.39, 0.29) is 31.4 Å². The largest absolute Gasteiger partial charge is 0.459 e. The van der Waals surface area contributed by atoms with Crippen molar-refractivity contribution in [1.29, 1.82) is 0 Å². The maximum Gasteiger partial charge on any atom is 0.391 e. The smallest absolute Gasteiger partial charge is 0.391 e. The summed E-state index contributed by atoms with van der Waals surface area (Å²) in [4.78, 5) is 11.5. The van der Waals surface area contributed by atoms with Gasteiger partial charge in [0.25, 0.3) is 0 Å². The number of hydrogen-bond acceptors (Lipinski definition) is 3. The van der Waals surface area contributed by atoms with Crippen molar-refractivity contribution < 1.29 is 22.7 Å². The van der Waals surface area contributed by atoms with E-state index < -0.39 is 17.7 Å². The minimum absolute atomic E-state index is 0.0221. The average molecular weight is 281 g/mol. The fourth-order valence-electron chi connectivity index (χ4n) is 2.23. The van der Waals surface area contributed by atoms with Crippen LogP contribution in [0.3, 0.4) is 0 Å². The maximum atomic E-state index is 12.5. The van der Waals surface area contributed by atoms with Gasteiger partial charge in [-0.1, -0.05) is 0 Å². The standard InChI is InChI=1S/C13H22F3NO2/c1-12(2,3)19-11(18)8-17-10-6-4-9(5-7-10)13(14,15)16/h9-10,17H,4-8H2,1-3H3. The zero-order chi connectivity index (χ0) is 14.7. The molecule has 0 aromatic carbocycles. The van der Waals surface area contributed by atoms with E-state index >= 15 is 0 Å². The maximum absolute atomic E-state index is 12.5. The second-order valence-corrected chi connectivity index (χ2v) is 6.06. The first-order valence-corrected chi connectivity index (χ1v) is 6.60. The van der Waals surface area contributed by atoms with E-state index in [9.17, 15) is 18.0 Å². The van der Waals surface area contributed by atoms with Crippen LogP contribution in [0.4, 0.5) is 13.2 Å². The molecular formula is C13H22F3NO2. The van der Waals surface area contributed by atoms with E-state index in [2.05, 4.69) is 5.32 Å². The van der Waals surface area contributed by atoms with Gasteiger partial charge in [0.1, 0.15) is 5.60 Å². The van der Waals surface area contributed by atoms with Crippen molar-refractivity contribution >= 4 is 5.97 Å². The number of hydrogen-bond donors (Lipinski definition) is 1. The highest BCUT2D eigenvalue weighted by atomic mass is 19.4. The van der Waals surface area contributed by atoms with Crippen LogP contribution in [0.15, 0.2) is 0 Å². The summed E-state index contributed by atoms with van der Waals surface area (Å²) in [6.07, 6.45) is -2.92. The SMILES string of the molecule is CC(C)(C)OC(=O)CNC1CCC(C(F)(F)F)CC1. The van der Waals surface area contributed by atoms with E-state index in [0.29, 0.717) is 12.8 Å². The van der Waals surface area contributed by atoms with E-state index in [1.165, 1.54) is 0 Å². The number of carbonyl (C=O) groups excluding carboxylic acids is 1. The Balaban J connectivity index is 2.25. The van der Waals surface area contributed by atoms with Crippen molar-refractivity contribution in [3.63, 3.8) is 0 Å². The summed E-state index contributed by atoms with van der Waals surface area (Å²) in [6.45, 7) is 5.39. The quantitative estimate of drug-likeness (QED) is 0.808. The number of esters is 1. The van der Waals surface area contributed by atoms with Crippen LogP contribution in [0.25, 0.3) is 0 Å². The first-order valence-electron chi connectivity index (χ1n) is 6.60. The third kappa shape index (κ3) is 6.27. The molecule has 0 amide bonds. The van der Waals surface area contributed by atoms with Gasteiger partial charge in [0.15, 0.2) is 0 Å². The number of rotatable bonds is 3. The molecule has 1 aliphatic carbocycles. The lowest BCUT2D eigenvalue weighted by molar-refractivity contribution is -0.183. The lowest BCUT2D eigenvalue weighted by atomic mass is 9.85. The molecule has 0 radical (unpaired) electrons. The van der Waals surface area contributed by atoms with Crippen molar-refractivity contribution in [2.24, 2.45) is 5.92 Å². The van der Waals surface area contributed by atoms with Crippen molar-refractivity contribution in [3.05, 3.63) is 0 Å². The summed E-state index contributed by atoms with van der Waals surface area (Å²) >= 11 is 0. The van der Waals surface area contributed by atoms with Gasteiger partial charge in [-0.3, -0.25) is 4.79 Å². The monoisotopic (exact) mass is 281 g/mol. The fourth-order valence-corrected chi connectivity index (χ4v) is 2.23. The Kier molecular flexibility index (Phi) is 5.24. The Labute approximate surface area is 111 Å². The highest BCUT2D eigenvalue weighted by Gasteiger charge is 2.41. The normalized spacial score (nSPS) is 25.2. The van der Waals surface area contributed by atoms with Crippen LogP contribution in [0, 0.1) is 5.92 Å². The lowest BCUT2D eigenvalue weighted by Gasteiger charge is -2.30. The number of carbonyl (C=O) groups is 1. The second kappa shape index (κ2) is 6.11. The molecule has 0 bridgehead atoms. The zero-order valence-electron chi connectivity index (χ0n) is 11.6. The molecule has 0 aromatic heterocycles. The molecule has 19 heavy (non-hydrogen) atoms. The molecule has 0 aliphatic heterocycles. The van der Waals surface area contributed by atoms with Crippen LogP contribution in [-0.4, -0.2) is 30.3 Å². The molecule has 0 aromatic rings. The minimum Gasteiger partial charge on any atom is -0.459 e. The molecule has 1 aliphatic rings. The van der Waals surface area contributed by atoms with Crippen molar-refractivity contribution in [1.82, 2.24) is 5.32 Å². The van der Waals surface area contributed by atoms with Crippen LogP contribution < -0.4 is 5.32 Å². The van der Waals surface area contributed by atoms with Gasteiger partial charge in [-0.05, 0) is 46.5 Å². The second-order valence-electron chi connectivity index (χ2n) is 6.06. The molecule has 1 saturated carbocycles. The summed E-state index contributed by atoms with van der Waals surface area (Å²) in [7, 11) is 0. The molecule has 0 atom stereocenters. The Morgan fingerprint density at radius 3 is 2.11 bits per heavy atom. The average Bonchev–Trinajstić information content (AvgIpc) is 2.23. The molecule has 1 N–H and O–H groups in total. The highest BCUT2D eigenvalue weighted by molar-refractivity contribution is 5.72. The Morgan fingerprint density at radius 2 is 1.68 bits per heavy atom. The van der Waals surface area contributed by atoms with Gasteiger partial charge in [-0.25, -0.2) is 0 Å². The number of ether oxygens (including phenoxy) is 1. The minimum atomic E-state index is -4.09. The lowest BCUT2D eigenvalue weighted by Crippen LogP contribution is -2.40. The first-order chi connectivity index (χ1) is 8.58. The van der Waals surface area contributed by atoms with Crippen LogP contribution in [0.2, 0.25) is 0 Å². The Hall–Kier alpha value is -0.780. The summed E-state index contributed by atoms with van der Waals surface area (Å²) in [6, 6.07) is -0.0221. The molecule has 6 heteroatoms. The van der Waals surface area contributed by atoms with E-state index in [1.807, 2.05) is 0 Å². The van der Waals surface area contributed by atoms with Crippen LogP contribution in [-0.2, 0) is 9.53 Å². The molecule has 0 unspecified atom stereocenters. The van der Waals surface area contributed by atoms with Crippen molar-refractivity contribution in [2.45, 2.75) is 64.3 Å². The van der Waals surface area contributed by atoms with Gasteiger partial charge >= 0.3 is 12.1 Å². The van der Waals surface area contributed by atoms with E-state index in [1.54, 1.807) is 20.8 Å². The topological polar surface area (TPSA) is 38.3 Å². The summed E-state index contributed by atoms with van der Waals surface area (Å²) in [5.41, 5.74) is -0.535. The molecule has 1 rings (SSSR count). The Morgan fingerprint density at radius 1 is 1.16 bits per heavy atom. The molecule has 1 fully saturated rings. The first kappa shape index (κ1) is 16.3. The van der Waals surface area contributed by atoms with Crippen LogP contribution in [0.5, 0.6) is 0 Å². The van der Waals surface area contributed by atoms with Crippen molar-refractivity contribution in [2.75, 3.05) is 6.54 Å².